The molecule has 0 aliphatic carbocycles. The first-order chi connectivity index (χ1) is 7.22. The highest BCUT2D eigenvalue weighted by molar-refractivity contribution is 5.38. The molecule has 0 amide bonds. The molecular weight excluding hydrogens is 186 g/mol. The van der Waals surface area contributed by atoms with Gasteiger partial charge in [0, 0.05) is 17.9 Å². The van der Waals surface area contributed by atoms with E-state index in [1.807, 2.05) is 25.4 Å². The van der Waals surface area contributed by atoms with E-state index >= 15 is 0 Å². The molecular formula is C12H15N3. The van der Waals surface area contributed by atoms with Crippen LogP contribution in [0.2, 0.25) is 0 Å². The third kappa shape index (κ3) is 1.78. The van der Waals surface area contributed by atoms with Crippen LogP contribution in [0.1, 0.15) is 17.0 Å². The summed E-state index contributed by atoms with van der Waals surface area (Å²) in [6.45, 7) is 4.65. The molecule has 0 fully saturated rings. The summed E-state index contributed by atoms with van der Waals surface area (Å²) in [5.41, 5.74) is 10.1. The average molecular weight is 201 g/mol. The van der Waals surface area contributed by atoms with Crippen molar-refractivity contribution in [1.29, 1.82) is 0 Å². The summed E-state index contributed by atoms with van der Waals surface area (Å²) in [5.74, 6) is 0. The molecule has 78 valence electrons. The summed E-state index contributed by atoms with van der Waals surface area (Å²) in [7, 11) is 0. The number of nitrogens with zero attached hydrogens (tertiary/aromatic N) is 2. The molecule has 0 unspecified atom stereocenters. The van der Waals surface area contributed by atoms with E-state index in [0.29, 0.717) is 6.54 Å². The normalized spacial score (nSPS) is 10.6. The van der Waals surface area contributed by atoms with Crippen molar-refractivity contribution in [2.45, 2.75) is 20.4 Å². The van der Waals surface area contributed by atoms with Crippen LogP contribution < -0.4 is 5.73 Å². The Morgan fingerprint density at radius 3 is 2.73 bits per heavy atom. The van der Waals surface area contributed by atoms with Gasteiger partial charge in [0.15, 0.2) is 0 Å². The van der Waals surface area contributed by atoms with E-state index in [0.717, 1.165) is 16.9 Å². The summed E-state index contributed by atoms with van der Waals surface area (Å²) in [6.07, 6.45) is 1.85. The minimum atomic E-state index is 0.570. The van der Waals surface area contributed by atoms with Crippen molar-refractivity contribution in [1.82, 2.24) is 9.55 Å². The van der Waals surface area contributed by atoms with Gasteiger partial charge in [0.25, 0.3) is 0 Å². The Bertz CT molecular complexity index is 471. The van der Waals surface area contributed by atoms with E-state index < -0.39 is 0 Å². The third-order valence-electron chi connectivity index (χ3n) is 2.68. The number of benzene rings is 1. The van der Waals surface area contributed by atoms with Gasteiger partial charge in [-0.05, 0) is 31.5 Å². The zero-order valence-corrected chi connectivity index (χ0v) is 9.07. The summed E-state index contributed by atoms with van der Waals surface area (Å²) >= 11 is 0. The number of rotatable bonds is 2. The van der Waals surface area contributed by atoms with Crippen molar-refractivity contribution in [2.24, 2.45) is 5.73 Å². The van der Waals surface area contributed by atoms with Crippen LogP contribution in [0.25, 0.3) is 5.69 Å². The van der Waals surface area contributed by atoms with Crippen LogP contribution in [0.15, 0.2) is 30.6 Å². The van der Waals surface area contributed by atoms with E-state index in [2.05, 4.69) is 28.6 Å². The van der Waals surface area contributed by atoms with Crippen LogP contribution in [0, 0.1) is 13.8 Å². The van der Waals surface area contributed by atoms with Crippen molar-refractivity contribution in [2.75, 3.05) is 0 Å². The molecule has 3 heteroatoms. The Kier molecular flexibility index (Phi) is 2.56. The molecule has 2 aromatic rings. The van der Waals surface area contributed by atoms with Gasteiger partial charge >= 0.3 is 0 Å². The Balaban J connectivity index is 2.49. The standard InChI is InChI=1S/C12H15N3/c1-9-10(2)15(8-14-9)12-5-3-4-11(6-12)7-13/h3-6,8H,7,13H2,1-2H3. The maximum absolute atomic E-state index is 5.62. The molecule has 3 nitrogen and oxygen atoms in total. The smallest absolute Gasteiger partial charge is 0.0997 e. The van der Waals surface area contributed by atoms with Gasteiger partial charge in [-0.2, -0.15) is 0 Å². The highest BCUT2D eigenvalue weighted by Crippen LogP contribution is 2.14. The van der Waals surface area contributed by atoms with E-state index in [1.165, 1.54) is 5.69 Å². The van der Waals surface area contributed by atoms with Gasteiger partial charge < -0.3 is 10.3 Å². The van der Waals surface area contributed by atoms with Gasteiger partial charge in [0.2, 0.25) is 0 Å². The first kappa shape index (κ1) is 9.93. The molecule has 1 heterocycles. The average Bonchev–Trinajstić information content (AvgIpc) is 2.60. The molecule has 0 spiro atoms. The number of hydrogen-bond donors (Lipinski definition) is 1. The van der Waals surface area contributed by atoms with Crippen LogP contribution in [0.3, 0.4) is 0 Å². The molecule has 0 aliphatic rings. The lowest BCUT2D eigenvalue weighted by Gasteiger charge is -2.06. The Morgan fingerprint density at radius 1 is 1.33 bits per heavy atom. The second-order valence-electron chi connectivity index (χ2n) is 3.66. The summed E-state index contributed by atoms with van der Waals surface area (Å²) in [4.78, 5) is 4.28. The molecule has 0 radical (unpaired) electrons. The van der Waals surface area contributed by atoms with Crippen molar-refractivity contribution >= 4 is 0 Å². The molecule has 2 N–H and O–H groups in total. The second kappa shape index (κ2) is 3.87. The number of nitrogens with two attached hydrogens (primary N) is 1. The summed E-state index contributed by atoms with van der Waals surface area (Å²) in [6, 6.07) is 8.20. The number of aryl methyl sites for hydroxylation is 1. The Morgan fingerprint density at radius 2 is 2.13 bits per heavy atom. The van der Waals surface area contributed by atoms with Crippen LogP contribution in [0.5, 0.6) is 0 Å². The number of imidazole rings is 1. The third-order valence-corrected chi connectivity index (χ3v) is 2.68. The largest absolute Gasteiger partial charge is 0.326 e. The van der Waals surface area contributed by atoms with Gasteiger partial charge in [-0.15, -0.1) is 0 Å². The molecule has 0 aliphatic heterocycles. The summed E-state index contributed by atoms with van der Waals surface area (Å²) < 4.78 is 2.08. The van der Waals surface area contributed by atoms with Gasteiger partial charge in [-0.25, -0.2) is 4.98 Å². The van der Waals surface area contributed by atoms with Gasteiger partial charge in [-0.3, -0.25) is 0 Å². The highest BCUT2D eigenvalue weighted by Gasteiger charge is 2.03. The van der Waals surface area contributed by atoms with Crippen molar-refractivity contribution < 1.29 is 0 Å². The minimum absolute atomic E-state index is 0.570. The SMILES string of the molecule is Cc1ncn(-c2cccc(CN)c2)c1C. The fraction of sp³-hybridized carbons (Fsp3) is 0.250. The molecule has 0 saturated heterocycles. The van der Waals surface area contributed by atoms with Gasteiger partial charge in [0.05, 0.1) is 12.0 Å². The lowest BCUT2D eigenvalue weighted by molar-refractivity contribution is 0.985. The molecule has 15 heavy (non-hydrogen) atoms. The minimum Gasteiger partial charge on any atom is -0.326 e. The van der Waals surface area contributed by atoms with Crippen molar-refractivity contribution in [3.05, 3.63) is 47.5 Å². The topological polar surface area (TPSA) is 43.8 Å². The Labute approximate surface area is 89.6 Å². The zero-order valence-electron chi connectivity index (χ0n) is 9.07. The highest BCUT2D eigenvalue weighted by atomic mass is 15.1. The predicted molar refractivity (Wildman–Crippen MR) is 60.9 cm³/mol. The molecule has 0 saturated carbocycles. The molecule has 0 bridgehead atoms. The Hall–Kier alpha value is -1.61. The maximum atomic E-state index is 5.62. The lowest BCUT2D eigenvalue weighted by Crippen LogP contribution is -2.00. The first-order valence-corrected chi connectivity index (χ1v) is 5.02. The van der Waals surface area contributed by atoms with Crippen LogP contribution >= 0.6 is 0 Å². The second-order valence-corrected chi connectivity index (χ2v) is 3.66. The fourth-order valence-electron chi connectivity index (χ4n) is 1.59. The lowest BCUT2D eigenvalue weighted by atomic mass is 10.2. The maximum Gasteiger partial charge on any atom is 0.0997 e. The molecule has 1 aromatic heterocycles. The zero-order chi connectivity index (χ0) is 10.8. The van der Waals surface area contributed by atoms with Crippen LogP contribution in [-0.4, -0.2) is 9.55 Å². The summed E-state index contributed by atoms with van der Waals surface area (Å²) in [5, 5.41) is 0. The monoisotopic (exact) mass is 201 g/mol. The molecule has 1 aromatic carbocycles. The van der Waals surface area contributed by atoms with Crippen LogP contribution in [0.4, 0.5) is 0 Å². The van der Waals surface area contributed by atoms with Gasteiger partial charge in [0.1, 0.15) is 0 Å². The van der Waals surface area contributed by atoms with E-state index in [4.69, 9.17) is 5.73 Å². The van der Waals surface area contributed by atoms with E-state index in [1.54, 1.807) is 0 Å². The van der Waals surface area contributed by atoms with Crippen molar-refractivity contribution in [3.8, 4) is 5.69 Å². The number of aromatic nitrogens is 2. The molecule has 2 rings (SSSR count). The van der Waals surface area contributed by atoms with E-state index in [9.17, 15) is 0 Å². The quantitative estimate of drug-likeness (QED) is 0.807. The first-order valence-electron chi connectivity index (χ1n) is 5.02. The van der Waals surface area contributed by atoms with E-state index in [-0.39, 0.29) is 0 Å². The van der Waals surface area contributed by atoms with Crippen LogP contribution in [-0.2, 0) is 6.54 Å². The fourth-order valence-corrected chi connectivity index (χ4v) is 1.59. The molecule has 0 atom stereocenters. The van der Waals surface area contributed by atoms with Crippen molar-refractivity contribution in [3.63, 3.8) is 0 Å². The van der Waals surface area contributed by atoms with Gasteiger partial charge in [-0.1, -0.05) is 12.1 Å². The predicted octanol–water partition coefficient (Wildman–Crippen LogP) is 1.95. The number of hydrogen-bond acceptors (Lipinski definition) is 2.